The smallest absolute Gasteiger partial charge is 0.220 e. The molecule has 3 unspecified atom stereocenters. The largest absolute Gasteiger partial charge is 0.394 e. The maximum atomic E-state index is 12.5. The molecule has 1 amide bonds. The number of carbonyl (C=O) groups excluding carboxylic acids is 1. The van der Waals surface area contributed by atoms with Crippen LogP contribution in [-0.4, -0.2) is 46.1 Å². The fraction of sp³-hybridized carbons (Fsp3) is 0.938. The van der Waals surface area contributed by atoms with Crippen molar-refractivity contribution in [2.24, 2.45) is 0 Å². The number of nitrogens with one attached hydrogen (secondary N) is 1. The van der Waals surface area contributed by atoms with Crippen molar-refractivity contribution < 1.29 is 20.1 Å². The van der Waals surface area contributed by atoms with Crippen molar-refractivity contribution in [2.75, 3.05) is 6.61 Å². The monoisotopic (exact) mass is 750 g/mol. The van der Waals surface area contributed by atoms with Crippen molar-refractivity contribution in [1.82, 2.24) is 5.32 Å². The summed E-state index contributed by atoms with van der Waals surface area (Å²) in [4.78, 5) is 12.5. The van der Waals surface area contributed by atoms with E-state index in [0.29, 0.717) is 12.8 Å². The molecule has 316 valence electrons. The van der Waals surface area contributed by atoms with E-state index in [1.54, 1.807) is 0 Å². The second-order valence-electron chi connectivity index (χ2n) is 16.7. The van der Waals surface area contributed by atoms with Gasteiger partial charge in [-0.1, -0.05) is 231 Å². The predicted octanol–water partition coefficient (Wildman–Crippen LogP) is 14.0. The van der Waals surface area contributed by atoms with Crippen molar-refractivity contribution in [2.45, 2.75) is 283 Å². The molecule has 0 aromatic heterocycles. The normalized spacial score (nSPS) is 13.5. The fourth-order valence-electron chi connectivity index (χ4n) is 7.63. The summed E-state index contributed by atoms with van der Waals surface area (Å²) in [5.74, 6) is -0.149. The van der Waals surface area contributed by atoms with E-state index in [4.69, 9.17) is 0 Å². The average Bonchev–Trinajstić information content (AvgIpc) is 3.16. The molecule has 0 aromatic rings. The summed E-state index contributed by atoms with van der Waals surface area (Å²) in [6.07, 6.45) is 51.9. The summed E-state index contributed by atoms with van der Waals surface area (Å²) < 4.78 is 0. The molecule has 0 fully saturated rings. The van der Waals surface area contributed by atoms with Gasteiger partial charge in [0.2, 0.25) is 5.91 Å². The van der Waals surface area contributed by atoms with Crippen LogP contribution in [0.2, 0.25) is 0 Å². The Morgan fingerprint density at radius 3 is 1.09 bits per heavy atom. The fourth-order valence-corrected chi connectivity index (χ4v) is 7.63. The number of aliphatic hydroxyl groups is 3. The number of hydrogen-bond donors (Lipinski definition) is 4. The summed E-state index contributed by atoms with van der Waals surface area (Å²) in [5.41, 5.74) is 0. The highest BCUT2D eigenvalue weighted by Crippen LogP contribution is 2.17. The van der Waals surface area contributed by atoms with Gasteiger partial charge in [-0.3, -0.25) is 4.79 Å². The summed E-state index contributed by atoms with van der Waals surface area (Å²) in [5, 5.41) is 33.6. The minimum atomic E-state index is -1.15. The van der Waals surface area contributed by atoms with Crippen LogP contribution in [0.15, 0.2) is 12.2 Å². The molecule has 0 saturated carbocycles. The number of unbranched alkanes of at least 4 members (excludes halogenated alkanes) is 34. The van der Waals surface area contributed by atoms with Crippen molar-refractivity contribution in [3.8, 4) is 0 Å². The van der Waals surface area contributed by atoms with E-state index in [-0.39, 0.29) is 12.5 Å². The molecule has 3 atom stereocenters. The van der Waals surface area contributed by atoms with Crippen LogP contribution in [0.4, 0.5) is 0 Å². The van der Waals surface area contributed by atoms with Crippen LogP contribution >= 0.6 is 0 Å². The van der Waals surface area contributed by atoms with Crippen LogP contribution in [0.25, 0.3) is 0 Å². The Bertz CT molecular complexity index is 743. The number of rotatable bonds is 44. The standard InChI is InChI=1S/C48H95NO4/c1-3-5-7-9-11-13-15-17-19-21-22-23-24-25-27-29-31-33-35-37-39-41-43-47(52)49-45(44-50)48(53)46(51)42-40-38-36-34-32-30-28-26-20-18-16-14-12-10-8-6-4-2/h34,36,45-46,48,50-51,53H,3-33,35,37-44H2,1-2H3,(H,49,52)/b36-34+. The minimum Gasteiger partial charge on any atom is -0.394 e. The third-order valence-corrected chi connectivity index (χ3v) is 11.4. The summed E-state index contributed by atoms with van der Waals surface area (Å²) in [6.45, 7) is 4.19. The molecule has 5 heteroatoms. The Labute approximate surface area is 331 Å². The summed E-state index contributed by atoms with van der Waals surface area (Å²) in [7, 11) is 0. The Balaban J connectivity index is 3.59. The van der Waals surface area contributed by atoms with Gasteiger partial charge in [-0.05, 0) is 38.5 Å². The molecule has 0 aromatic carbocycles. The molecule has 0 rings (SSSR count). The van der Waals surface area contributed by atoms with Crippen LogP contribution < -0.4 is 5.32 Å². The van der Waals surface area contributed by atoms with Crippen molar-refractivity contribution >= 4 is 5.91 Å². The van der Waals surface area contributed by atoms with Crippen LogP contribution in [-0.2, 0) is 4.79 Å². The van der Waals surface area contributed by atoms with E-state index in [2.05, 4.69) is 31.3 Å². The number of allylic oxidation sites excluding steroid dienone is 2. The van der Waals surface area contributed by atoms with Gasteiger partial charge in [0, 0.05) is 6.42 Å². The SMILES string of the molecule is CCCCCCCCCCCCCC/C=C/CCCC(O)C(O)C(CO)NC(=O)CCCCCCCCCCCCCCCCCCCCCCCC. The minimum absolute atomic E-state index is 0.149. The maximum Gasteiger partial charge on any atom is 0.220 e. The van der Waals surface area contributed by atoms with E-state index >= 15 is 0 Å². The Kier molecular flexibility index (Phi) is 43.1. The lowest BCUT2D eigenvalue weighted by Crippen LogP contribution is -2.50. The maximum absolute atomic E-state index is 12.5. The highest BCUT2D eigenvalue weighted by atomic mass is 16.3. The average molecular weight is 750 g/mol. The summed E-state index contributed by atoms with van der Waals surface area (Å²) in [6, 6.07) is -0.821. The summed E-state index contributed by atoms with van der Waals surface area (Å²) >= 11 is 0. The van der Waals surface area contributed by atoms with Crippen LogP contribution in [0.5, 0.6) is 0 Å². The topological polar surface area (TPSA) is 89.8 Å². The molecule has 0 saturated heterocycles. The number of amides is 1. The zero-order chi connectivity index (χ0) is 38.7. The molecule has 0 bridgehead atoms. The van der Waals surface area contributed by atoms with Crippen molar-refractivity contribution in [3.63, 3.8) is 0 Å². The molecule has 0 aliphatic rings. The molecular formula is C48H95NO4. The zero-order valence-electron chi connectivity index (χ0n) is 35.9. The van der Waals surface area contributed by atoms with Crippen LogP contribution in [0.3, 0.4) is 0 Å². The molecule has 5 nitrogen and oxygen atoms in total. The number of carbonyl (C=O) groups is 1. The number of aliphatic hydroxyl groups excluding tert-OH is 3. The molecular weight excluding hydrogens is 655 g/mol. The van der Waals surface area contributed by atoms with E-state index in [9.17, 15) is 20.1 Å². The molecule has 0 heterocycles. The highest BCUT2D eigenvalue weighted by Gasteiger charge is 2.26. The first-order valence-electron chi connectivity index (χ1n) is 24.0. The third kappa shape index (κ3) is 39.1. The Morgan fingerprint density at radius 1 is 0.453 bits per heavy atom. The second-order valence-corrected chi connectivity index (χ2v) is 16.7. The van der Waals surface area contributed by atoms with E-state index in [0.717, 1.165) is 38.5 Å². The van der Waals surface area contributed by atoms with Gasteiger partial charge >= 0.3 is 0 Å². The first-order valence-corrected chi connectivity index (χ1v) is 24.0. The molecule has 0 spiro atoms. The van der Waals surface area contributed by atoms with E-state index < -0.39 is 18.2 Å². The molecule has 0 aliphatic heterocycles. The first-order chi connectivity index (χ1) is 26.1. The zero-order valence-corrected chi connectivity index (χ0v) is 35.9. The molecule has 53 heavy (non-hydrogen) atoms. The van der Waals surface area contributed by atoms with E-state index in [1.165, 1.54) is 199 Å². The van der Waals surface area contributed by atoms with Crippen molar-refractivity contribution in [3.05, 3.63) is 12.2 Å². The lowest BCUT2D eigenvalue weighted by atomic mass is 10.0. The van der Waals surface area contributed by atoms with Gasteiger partial charge in [0.25, 0.3) is 0 Å². The lowest BCUT2D eigenvalue weighted by molar-refractivity contribution is -0.124. The molecule has 0 radical (unpaired) electrons. The first kappa shape index (κ1) is 52.1. The molecule has 0 aliphatic carbocycles. The van der Waals surface area contributed by atoms with Gasteiger partial charge in [-0.15, -0.1) is 0 Å². The van der Waals surface area contributed by atoms with Gasteiger partial charge in [-0.25, -0.2) is 0 Å². The van der Waals surface area contributed by atoms with Gasteiger partial charge in [0.1, 0.15) is 6.10 Å². The van der Waals surface area contributed by atoms with Crippen LogP contribution in [0, 0.1) is 0 Å². The quantitative estimate of drug-likeness (QED) is 0.0369. The second kappa shape index (κ2) is 43.8. The lowest BCUT2D eigenvalue weighted by Gasteiger charge is -2.26. The van der Waals surface area contributed by atoms with Gasteiger partial charge in [-0.2, -0.15) is 0 Å². The van der Waals surface area contributed by atoms with Gasteiger partial charge < -0.3 is 20.6 Å². The Morgan fingerprint density at radius 2 is 0.755 bits per heavy atom. The van der Waals surface area contributed by atoms with Crippen LogP contribution in [0.1, 0.15) is 264 Å². The highest BCUT2D eigenvalue weighted by molar-refractivity contribution is 5.76. The third-order valence-electron chi connectivity index (χ3n) is 11.4. The van der Waals surface area contributed by atoms with Gasteiger partial charge in [0.15, 0.2) is 0 Å². The number of hydrogen-bond acceptors (Lipinski definition) is 4. The predicted molar refractivity (Wildman–Crippen MR) is 232 cm³/mol. The molecule has 4 N–H and O–H groups in total. The van der Waals surface area contributed by atoms with Crippen molar-refractivity contribution in [1.29, 1.82) is 0 Å². The van der Waals surface area contributed by atoms with Gasteiger partial charge in [0.05, 0.1) is 18.8 Å². The Hall–Kier alpha value is -0.910. The van der Waals surface area contributed by atoms with E-state index in [1.807, 2.05) is 0 Å².